The average Bonchev–Trinajstić information content (AvgIpc) is 2.79. The highest BCUT2D eigenvalue weighted by Gasteiger charge is 2.44. The standard InChI is InChI=1S/C13H20N2O4/c1-8-9(4-3-7-14-8)12(17)15-10(13(18)19-2)5-6-11(15)16/h8-10,14H,3-7H2,1-2H3/t8-,9+,10-/m0/s1. The van der Waals surface area contributed by atoms with E-state index in [1.807, 2.05) is 6.92 Å². The summed E-state index contributed by atoms with van der Waals surface area (Å²) in [6, 6.07) is -0.702. The molecule has 2 rings (SSSR count). The van der Waals surface area contributed by atoms with Crippen LogP contribution >= 0.6 is 0 Å². The van der Waals surface area contributed by atoms with E-state index in [-0.39, 0.29) is 30.2 Å². The molecular weight excluding hydrogens is 248 g/mol. The van der Waals surface area contributed by atoms with Gasteiger partial charge in [-0.15, -0.1) is 0 Å². The molecule has 2 aliphatic heterocycles. The van der Waals surface area contributed by atoms with E-state index in [4.69, 9.17) is 0 Å². The van der Waals surface area contributed by atoms with Gasteiger partial charge in [-0.3, -0.25) is 14.5 Å². The number of piperidine rings is 1. The zero-order valence-corrected chi connectivity index (χ0v) is 11.3. The lowest BCUT2D eigenvalue weighted by Crippen LogP contribution is -2.52. The molecular formula is C13H20N2O4. The lowest BCUT2D eigenvalue weighted by molar-refractivity contribution is -0.158. The first-order chi connectivity index (χ1) is 9.06. The van der Waals surface area contributed by atoms with E-state index in [2.05, 4.69) is 10.1 Å². The molecule has 2 amide bonds. The molecule has 0 radical (unpaired) electrons. The number of rotatable bonds is 2. The van der Waals surface area contributed by atoms with Crippen molar-refractivity contribution in [1.82, 2.24) is 10.2 Å². The second kappa shape index (κ2) is 5.69. The number of nitrogens with one attached hydrogen (secondary N) is 1. The van der Waals surface area contributed by atoms with Crippen LogP contribution in [0.25, 0.3) is 0 Å². The minimum Gasteiger partial charge on any atom is -0.467 e. The molecule has 0 spiro atoms. The van der Waals surface area contributed by atoms with E-state index in [1.54, 1.807) is 0 Å². The van der Waals surface area contributed by atoms with Crippen LogP contribution in [0.15, 0.2) is 0 Å². The second-order valence-corrected chi connectivity index (χ2v) is 5.17. The Balaban J connectivity index is 2.15. The van der Waals surface area contributed by atoms with Crippen molar-refractivity contribution in [2.45, 2.75) is 44.7 Å². The summed E-state index contributed by atoms with van der Waals surface area (Å²) in [5.74, 6) is -1.24. The molecule has 0 bridgehead atoms. The molecule has 0 aromatic carbocycles. The Kier molecular flexibility index (Phi) is 4.19. The van der Waals surface area contributed by atoms with Gasteiger partial charge in [-0.2, -0.15) is 0 Å². The molecule has 1 N–H and O–H groups in total. The van der Waals surface area contributed by atoms with Gasteiger partial charge in [-0.05, 0) is 32.7 Å². The summed E-state index contributed by atoms with van der Waals surface area (Å²) in [5.41, 5.74) is 0. The normalized spacial score (nSPS) is 31.4. The highest BCUT2D eigenvalue weighted by molar-refractivity contribution is 6.02. The third-order valence-corrected chi connectivity index (χ3v) is 4.00. The Morgan fingerprint density at radius 3 is 2.74 bits per heavy atom. The second-order valence-electron chi connectivity index (χ2n) is 5.17. The van der Waals surface area contributed by atoms with Crippen LogP contribution in [0.3, 0.4) is 0 Å². The van der Waals surface area contributed by atoms with Crippen molar-refractivity contribution < 1.29 is 19.1 Å². The first-order valence-corrected chi connectivity index (χ1v) is 6.73. The quantitative estimate of drug-likeness (QED) is 0.566. The number of hydrogen-bond donors (Lipinski definition) is 1. The number of hydrogen-bond acceptors (Lipinski definition) is 5. The van der Waals surface area contributed by atoms with Gasteiger partial charge in [-0.25, -0.2) is 4.79 Å². The smallest absolute Gasteiger partial charge is 0.329 e. The van der Waals surface area contributed by atoms with Crippen molar-refractivity contribution in [3.63, 3.8) is 0 Å². The molecule has 6 heteroatoms. The molecule has 2 aliphatic rings. The first-order valence-electron chi connectivity index (χ1n) is 6.73. The molecule has 0 unspecified atom stereocenters. The van der Waals surface area contributed by atoms with Gasteiger partial charge in [0.2, 0.25) is 11.8 Å². The average molecular weight is 268 g/mol. The summed E-state index contributed by atoms with van der Waals surface area (Å²) < 4.78 is 4.68. The molecule has 6 nitrogen and oxygen atoms in total. The summed E-state index contributed by atoms with van der Waals surface area (Å²) in [5, 5.41) is 3.23. The van der Waals surface area contributed by atoms with E-state index in [9.17, 15) is 14.4 Å². The van der Waals surface area contributed by atoms with Gasteiger partial charge in [0.25, 0.3) is 0 Å². The van der Waals surface area contributed by atoms with E-state index in [0.717, 1.165) is 24.3 Å². The molecule has 2 fully saturated rings. The van der Waals surface area contributed by atoms with Crippen LogP contribution in [-0.2, 0) is 19.1 Å². The third-order valence-electron chi connectivity index (χ3n) is 4.00. The van der Waals surface area contributed by atoms with Crippen molar-refractivity contribution in [3.05, 3.63) is 0 Å². The predicted octanol–water partition coefficient (Wildman–Crippen LogP) is 0.0651. The maximum Gasteiger partial charge on any atom is 0.329 e. The van der Waals surface area contributed by atoms with Crippen LogP contribution in [0.4, 0.5) is 0 Å². The highest BCUT2D eigenvalue weighted by Crippen LogP contribution is 2.26. The highest BCUT2D eigenvalue weighted by atomic mass is 16.5. The number of ether oxygens (including phenoxy) is 1. The largest absolute Gasteiger partial charge is 0.467 e. The van der Waals surface area contributed by atoms with E-state index in [0.29, 0.717) is 6.42 Å². The molecule has 0 aliphatic carbocycles. The number of likely N-dealkylation sites (tertiary alicyclic amines) is 1. The molecule has 0 aromatic rings. The number of carbonyl (C=O) groups excluding carboxylic acids is 3. The summed E-state index contributed by atoms with van der Waals surface area (Å²) >= 11 is 0. The summed E-state index contributed by atoms with van der Waals surface area (Å²) in [6.07, 6.45) is 2.27. The Labute approximate surface area is 112 Å². The zero-order valence-electron chi connectivity index (χ0n) is 11.3. The van der Waals surface area contributed by atoms with Crippen LogP contribution in [0.2, 0.25) is 0 Å². The molecule has 19 heavy (non-hydrogen) atoms. The monoisotopic (exact) mass is 268 g/mol. The van der Waals surface area contributed by atoms with Crippen molar-refractivity contribution in [2.75, 3.05) is 13.7 Å². The van der Waals surface area contributed by atoms with E-state index < -0.39 is 12.0 Å². The number of methoxy groups -OCH3 is 1. The van der Waals surface area contributed by atoms with Crippen LogP contribution in [0.5, 0.6) is 0 Å². The fourth-order valence-electron chi connectivity index (χ4n) is 2.88. The summed E-state index contributed by atoms with van der Waals surface area (Å²) in [6.45, 7) is 2.83. The lowest BCUT2D eigenvalue weighted by atomic mass is 9.90. The minimum atomic E-state index is -0.737. The van der Waals surface area contributed by atoms with Gasteiger partial charge in [0.05, 0.1) is 13.0 Å². The Hall–Kier alpha value is -1.43. The number of amides is 2. The SMILES string of the molecule is COC(=O)[C@@H]1CCC(=O)N1C(=O)[C@@H]1CCCN[C@H]1C. The van der Waals surface area contributed by atoms with Crippen LogP contribution in [-0.4, -0.2) is 48.4 Å². The van der Waals surface area contributed by atoms with Gasteiger partial charge < -0.3 is 10.1 Å². The number of carbonyl (C=O) groups is 3. The number of esters is 1. The summed E-state index contributed by atoms with van der Waals surface area (Å²) in [4.78, 5) is 37.2. The molecule has 2 heterocycles. The Morgan fingerprint density at radius 1 is 1.37 bits per heavy atom. The maximum atomic E-state index is 12.5. The Morgan fingerprint density at radius 2 is 2.11 bits per heavy atom. The van der Waals surface area contributed by atoms with Crippen molar-refractivity contribution >= 4 is 17.8 Å². The topological polar surface area (TPSA) is 75.7 Å². The summed E-state index contributed by atoms with van der Waals surface area (Å²) in [7, 11) is 1.28. The van der Waals surface area contributed by atoms with Crippen LogP contribution in [0, 0.1) is 5.92 Å². The van der Waals surface area contributed by atoms with Gasteiger partial charge in [0.1, 0.15) is 6.04 Å². The number of imide groups is 1. The third kappa shape index (κ3) is 2.63. The lowest BCUT2D eigenvalue weighted by Gasteiger charge is -2.32. The number of nitrogens with zero attached hydrogens (tertiary/aromatic N) is 1. The maximum absolute atomic E-state index is 12.5. The fourth-order valence-corrected chi connectivity index (χ4v) is 2.88. The van der Waals surface area contributed by atoms with Gasteiger partial charge >= 0.3 is 5.97 Å². The van der Waals surface area contributed by atoms with Gasteiger partial charge in [-0.1, -0.05) is 0 Å². The van der Waals surface area contributed by atoms with Crippen molar-refractivity contribution in [3.8, 4) is 0 Å². The Bertz CT molecular complexity index is 396. The van der Waals surface area contributed by atoms with Crippen LogP contribution < -0.4 is 5.32 Å². The van der Waals surface area contributed by atoms with Crippen molar-refractivity contribution in [2.24, 2.45) is 5.92 Å². The minimum absolute atomic E-state index is 0.0351. The molecule has 2 saturated heterocycles. The van der Waals surface area contributed by atoms with Crippen LogP contribution in [0.1, 0.15) is 32.6 Å². The van der Waals surface area contributed by atoms with E-state index in [1.165, 1.54) is 7.11 Å². The van der Waals surface area contributed by atoms with Crippen molar-refractivity contribution in [1.29, 1.82) is 0 Å². The van der Waals surface area contributed by atoms with Gasteiger partial charge in [0, 0.05) is 12.5 Å². The van der Waals surface area contributed by atoms with Gasteiger partial charge in [0.15, 0.2) is 0 Å². The van der Waals surface area contributed by atoms with E-state index >= 15 is 0 Å². The predicted molar refractivity (Wildman–Crippen MR) is 67.1 cm³/mol. The first kappa shape index (κ1) is 14.0. The molecule has 3 atom stereocenters. The molecule has 0 aromatic heterocycles. The molecule has 106 valence electrons. The fraction of sp³-hybridized carbons (Fsp3) is 0.769. The zero-order chi connectivity index (χ0) is 14.0. The molecule has 0 saturated carbocycles.